The van der Waals surface area contributed by atoms with E-state index in [2.05, 4.69) is 93.7 Å². The van der Waals surface area contributed by atoms with E-state index < -0.39 is 6.10 Å². The van der Waals surface area contributed by atoms with Gasteiger partial charge in [-0.1, -0.05) is 216 Å². The predicted octanol–water partition coefficient (Wildman–Crippen LogP) is 17.0. The van der Waals surface area contributed by atoms with Crippen LogP contribution in [0, 0.1) is 0 Å². The molecule has 0 N–H and O–H groups in total. The lowest BCUT2D eigenvalue weighted by molar-refractivity contribution is -0.167. The van der Waals surface area contributed by atoms with Crippen LogP contribution in [0.5, 0.6) is 0 Å². The number of esters is 3. The number of ether oxygens (including phenoxy) is 3. The third kappa shape index (κ3) is 47.9. The van der Waals surface area contributed by atoms with Gasteiger partial charge < -0.3 is 14.2 Å². The van der Waals surface area contributed by atoms with Gasteiger partial charge in [-0.2, -0.15) is 0 Å². The highest BCUT2D eigenvalue weighted by Crippen LogP contribution is 2.14. The summed E-state index contributed by atoms with van der Waals surface area (Å²) in [5, 5.41) is 0. The maximum atomic E-state index is 12.8. The van der Waals surface area contributed by atoms with E-state index in [4.69, 9.17) is 14.2 Å². The van der Waals surface area contributed by atoms with E-state index in [0.29, 0.717) is 19.3 Å². The second-order valence-corrected chi connectivity index (χ2v) is 17.1. The number of rotatable bonds is 46. The van der Waals surface area contributed by atoms with E-state index in [-0.39, 0.29) is 31.1 Å². The summed E-state index contributed by atoms with van der Waals surface area (Å²) in [4.78, 5) is 37.9. The zero-order chi connectivity index (χ0) is 45.1. The van der Waals surface area contributed by atoms with Crippen molar-refractivity contribution in [2.75, 3.05) is 13.2 Å². The molecule has 0 fully saturated rings. The smallest absolute Gasteiger partial charge is 0.306 e. The van der Waals surface area contributed by atoms with Gasteiger partial charge in [0.1, 0.15) is 13.2 Å². The van der Waals surface area contributed by atoms with E-state index in [9.17, 15) is 14.4 Å². The maximum Gasteiger partial charge on any atom is 0.306 e. The van der Waals surface area contributed by atoms with Crippen molar-refractivity contribution in [2.45, 2.75) is 252 Å². The topological polar surface area (TPSA) is 78.9 Å². The molecule has 0 amide bonds. The quantitative estimate of drug-likeness (QED) is 0.0262. The maximum absolute atomic E-state index is 12.8. The van der Waals surface area contributed by atoms with Crippen LogP contribution in [0.1, 0.15) is 245 Å². The second-order valence-electron chi connectivity index (χ2n) is 17.1. The Morgan fingerprint density at radius 3 is 1.03 bits per heavy atom. The zero-order valence-corrected chi connectivity index (χ0v) is 40.6. The van der Waals surface area contributed by atoms with Gasteiger partial charge in [-0.3, -0.25) is 14.4 Å². The molecule has 0 aromatic rings. The Morgan fingerprint density at radius 1 is 0.339 bits per heavy atom. The molecule has 1 atom stereocenters. The highest BCUT2D eigenvalue weighted by molar-refractivity contribution is 5.71. The van der Waals surface area contributed by atoms with E-state index in [1.807, 2.05) is 0 Å². The summed E-state index contributed by atoms with van der Waals surface area (Å²) in [5.41, 5.74) is 0. The standard InChI is InChI=1S/C56H96O6/c1-4-7-10-13-16-19-22-24-26-27-28-29-30-32-34-37-40-43-46-49-55(58)61-52-53(51-60-54(57)48-45-42-39-36-33-21-18-15-12-9-6-3)62-56(59)50-47-44-41-38-35-31-25-23-20-17-14-11-8-5-2/h7,10,14,16-17,19,23-26,28-29,53H,4-6,8-9,11-13,15,18,20-22,27,30-52H2,1-3H3/b10-7-,17-14-,19-16-,25-23-,26-24-,29-28-. The van der Waals surface area contributed by atoms with Crippen molar-refractivity contribution in [3.8, 4) is 0 Å². The summed E-state index contributed by atoms with van der Waals surface area (Å²) >= 11 is 0. The molecule has 0 aromatic heterocycles. The Bertz CT molecular complexity index is 1180. The van der Waals surface area contributed by atoms with Crippen LogP contribution in [-0.2, 0) is 28.6 Å². The van der Waals surface area contributed by atoms with Gasteiger partial charge in [0, 0.05) is 19.3 Å². The molecule has 0 radical (unpaired) electrons. The Balaban J connectivity index is 4.39. The van der Waals surface area contributed by atoms with E-state index >= 15 is 0 Å². The van der Waals surface area contributed by atoms with E-state index in [1.165, 1.54) is 89.9 Å². The second kappa shape index (κ2) is 50.5. The van der Waals surface area contributed by atoms with Gasteiger partial charge >= 0.3 is 17.9 Å². The number of allylic oxidation sites excluding steroid dienone is 12. The molecule has 0 spiro atoms. The van der Waals surface area contributed by atoms with Crippen LogP contribution in [0.2, 0.25) is 0 Å². The summed E-state index contributed by atoms with van der Waals surface area (Å²) < 4.78 is 16.8. The van der Waals surface area contributed by atoms with Crippen molar-refractivity contribution >= 4 is 17.9 Å². The van der Waals surface area contributed by atoms with Crippen LogP contribution in [-0.4, -0.2) is 37.2 Å². The van der Waals surface area contributed by atoms with Crippen molar-refractivity contribution in [1.29, 1.82) is 0 Å². The number of hydrogen-bond donors (Lipinski definition) is 0. The number of hydrogen-bond acceptors (Lipinski definition) is 6. The first-order valence-electron chi connectivity index (χ1n) is 25.9. The lowest BCUT2D eigenvalue weighted by Crippen LogP contribution is -2.30. The molecular weight excluding hydrogens is 769 g/mol. The highest BCUT2D eigenvalue weighted by atomic mass is 16.6. The molecule has 0 aliphatic heterocycles. The molecule has 0 aliphatic carbocycles. The van der Waals surface area contributed by atoms with E-state index in [1.54, 1.807) is 0 Å². The highest BCUT2D eigenvalue weighted by Gasteiger charge is 2.19. The van der Waals surface area contributed by atoms with Crippen molar-refractivity contribution in [2.24, 2.45) is 0 Å². The molecule has 6 heteroatoms. The van der Waals surface area contributed by atoms with Crippen LogP contribution in [0.4, 0.5) is 0 Å². The molecule has 0 bridgehead atoms. The van der Waals surface area contributed by atoms with Crippen LogP contribution in [0.15, 0.2) is 72.9 Å². The zero-order valence-electron chi connectivity index (χ0n) is 40.6. The summed E-state index contributed by atoms with van der Waals surface area (Å²) in [6.45, 7) is 6.45. The van der Waals surface area contributed by atoms with Crippen LogP contribution < -0.4 is 0 Å². The Kier molecular flexibility index (Phi) is 47.9. The molecule has 0 aromatic carbocycles. The first-order valence-corrected chi connectivity index (χ1v) is 25.9. The Morgan fingerprint density at radius 2 is 0.645 bits per heavy atom. The lowest BCUT2D eigenvalue weighted by Gasteiger charge is -2.18. The van der Waals surface area contributed by atoms with Crippen molar-refractivity contribution in [1.82, 2.24) is 0 Å². The molecule has 0 rings (SSSR count). The molecule has 0 saturated carbocycles. The van der Waals surface area contributed by atoms with E-state index in [0.717, 1.165) is 116 Å². The summed E-state index contributed by atoms with van der Waals surface area (Å²) in [7, 11) is 0. The Labute approximate surface area is 382 Å². The minimum atomic E-state index is -0.786. The van der Waals surface area contributed by atoms with Crippen LogP contribution in [0.25, 0.3) is 0 Å². The van der Waals surface area contributed by atoms with Gasteiger partial charge in [-0.15, -0.1) is 0 Å². The largest absolute Gasteiger partial charge is 0.462 e. The first-order chi connectivity index (χ1) is 30.5. The van der Waals surface area contributed by atoms with Crippen molar-refractivity contribution in [3.05, 3.63) is 72.9 Å². The summed E-state index contributed by atoms with van der Waals surface area (Å²) in [5.74, 6) is -0.912. The predicted molar refractivity (Wildman–Crippen MR) is 265 cm³/mol. The molecule has 1 unspecified atom stereocenters. The van der Waals surface area contributed by atoms with Gasteiger partial charge in [-0.05, 0) is 83.5 Å². The fourth-order valence-corrected chi connectivity index (χ4v) is 7.04. The lowest BCUT2D eigenvalue weighted by atomic mass is 10.1. The average Bonchev–Trinajstić information content (AvgIpc) is 3.27. The molecule has 0 heterocycles. The summed E-state index contributed by atoms with van der Waals surface area (Å²) in [6.07, 6.45) is 63.1. The number of carbonyl (C=O) groups excluding carboxylic acids is 3. The number of carbonyl (C=O) groups is 3. The fraction of sp³-hybridized carbons (Fsp3) is 0.732. The van der Waals surface area contributed by atoms with Gasteiger partial charge in [0.15, 0.2) is 6.10 Å². The molecule has 6 nitrogen and oxygen atoms in total. The molecular formula is C56H96O6. The fourth-order valence-electron chi connectivity index (χ4n) is 7.04. The summed E-state index contributed by atoms with van der Waals surface area (Å²) in [6, 6.07) is 0. The van der Waals surface area contributed by atoms with Crippen LogP contribution >= 0.6 is 0 Å². The van der Waals surface area contributed by atoms with Gasteiger partial charge in [0.25, 0.3) is 0 Å². The van der Waals surface area contributed by atoms with Gasteiger partial charge in [0.05, 0.1) is 0 Å². The molecule has 62 heavy (non-hydrogen) atoms. The number of unbranched alkanes of at least 4 members (excludes halogenated alkanes) is 23. The van der Waals surface area contributed by atoms with Gasteiger partial charge in [0.2, 0.25) is 0 Å². The molecule has 356 valence electrons. The SMILES string of the molecule is CC/C=C\C/C=C\C/C=C\C/C=C\CCCCCCCCC(=O)OCC(COC(=O)CCCCCCCCCCCCC)OC(=O)CCCCCCC/C=C\C/C=C\CCCC. The third-order valence-corrected chi connectivity index (χ3v) is 10.9. The minimum Gasteiger partial charge on any atom is -0.462 e. The Hall–Kier alpha value is -3.15. The van der Waals surface area contributed by atoms with Crippen LogP contribution in [0.3, 0.4) is 0 Å². The molecule has 0 aliphatic rings. The average molecular weight is 865 g/mol. The monoisotopic (exact) mass is 865 g/mol. The molecule has 0 saturated heterocycles. The van der Waals surface area contributed by atoms with Crippen molar-refractivity contribution < 1.29 is 28.6 Å². The normalized spacial score (nSPS) is 12.6. The first kappa shape index (κ1) is 58.9. The van der Waals surface area contributed by atoms with Gasteiger partial charge in [-0.25, -0.2) is 0 Å². The van der Waals surface area contributed by atoms with Crippen molar-refractivity contribution in [3.63, 3.8) is 0 Å². The minimum absolute atomic E-state index is 0.0845. The third-order valence-electron chi connectivity index (χ3n) is 10.9.